The number of rotatable bonds is 5. The monoisotopic (exact) mass is 487 g/mol. The van der Waals surface area contributed by atoms with Crippen molar-refractivity contribution in [3.8, 4) is 17.6 Å². The maximum absolute atomic E-state index is 13.8. The number of piperidine rings is 1. The van der Waals surface area contributed by atoms with Gasteiger partial charge in [0.2, 0.25) is 5.95 Å². The van der Waals surface area contributed by atoms with Crippen molar-refractivity contribution < 1.29 is 4.74 Å². The van der Waals surface area contributed by atoms with E-state index in [0.717, 1.165) is 36.0 Å². The Morgan fingerprint density at radius 3 is 2.75 bits per heavy atom. The number of aryl methyl sites for hydroxylation is 1. The molecule has 186 valence electrons. The number of nitrogens with two attached hydrogens (primary N) is 1. The van der Waals surface area contributed by atoms with Crippen LogP contribution in [0.3, 0.4) is 0 Å². The number of hydrogen-bond acceptors (Lipinski definition) is 7. The summed E-state index contributed by atoms with van der Waals surface area (Å²) in [6.07, 6.45) is 1.88. The molecule has 0 aliphatic carbocycles. The highest BCUT2D eigenvalue weighted by molar-refractivity contribution is 5.80. The van der Waals surface area contributed by atoms with Gasteiger partial charge in [-0.3, -0.25) is 23.5 Å². The Balaban J connectivity index is 1.64. The first kappa shape index (κ1) is 23.6. The molecule has 36 heavy (non-hydrogen) atoms. The number of ether oxygens (including phenoxy) is 1. The first-order valence-electron chi connectivity index (χ1n) is 11.9. The number of aromatic nitrogens is 5. The summed E-state index contributed by atoms with van der Waals surface area (Å²) in [6, 6.07) is 9.34. The summed E-state index contributed by atoms with van der Waals surface area (Å²) in [4.78, 5) is 38.5. The van der Waals surface area contributed by atoms with Crippen molar-refractivity contribution >= 4 is 28.0 Å². The van der Waals surface area contributed by atoms with Gasteiger partial charge in [-0.05, 0) is 44.0 Å². The summed E-state index contributed by atoms with van der Waals surface area (Å²) in [5, 5.41) is 0.911. The molecular weight excluding hydrogens is 458 g/mol. The molecule has 1 saturated heterocycles. The molecule has 1 aliphatic heterocycles. The van der Waals surface area contributed by atoms with Crippen LogP contribution in [0, 0.1) is 11.8 Å². The summed E-state index contributed by atoms with van der Waals surface area (Å²) in [5.74, 6) is 7.30. The molecule has 5 rings (SSSR count). The highest BCUT2D eigenvalue weighted by atomic mass is 16.5. The minimum absolute atomic E-state index is 0.0312. The second-order valence-corrected chi connectivity index (χ2v) is 9.04. The van der Waals surface area contributed by atoms with Crippen molar-refractivity contribution in [1.82, 2.24) is 23.7 Å². The third-order valence-electron chi connectivity index (χ3n) is 6.64. The number of imidazole rings is 1. The van der Waals surface area contributed by atoms with Gasteiger partial charge in [-0.2, -0.15) is 4.98 Å². The van der Waals surface area contributed by atoms with E-state index in [4.69, 9.17) is 15.5 Å². The van der Waals surface area contributed by atoms with Gasteiger partial charge < -0.3 is 15.4 Å². The first-order valence-corrected chi connectivity index (χ1v) is 11.9. The predicted octanol–water partition coefficient (Wildman–Crippen LogP) is 1.45. The summed E-state index contributed by atoms with van der Waals surface area (Å²) in [5.41, 5.74) is 7.40. The number of benzene rings is 1. The molecule has 0 amide bonds. The third-order valence-corrected chi connectivity index (χ3v) is 6.64. The molecular formula is C26H29N7O3. The summed E-state index contributed by atoms with van der Waals surface area (Å²) < 4.78 is 9.72. The molecule has 10 heteroatoms. The number of anilines is 1. The maximum Gasteiger partial charge on any atom is 0.332 e. The molecule has 0 radical (unpaired) electrons. The second-order valence-electron chi connectivity index (χ2n) is 9.04. The molecule has 3 aromatic heterocycles. The maximum atomic E-state index is 13.8. The Hall–Kier alpha value is -4.10. The van der Waals surface area contributed by atoms with Crippen molar-refractivity contribution in [3.05, 3.63) is 56.9 Å². The lowest BCUT2D eigenvalue weighted by Gasteiger charge is -2.31. The topological polar surface area (TPSA) is 113 Å². The first-order chi connectivity index (χ1) is 17.4. The Morgan fingerprint density at radius 2 is 2.00 bits per heavy atom. The van der Waals surface area contributed by atoms with Crippen LogP contribution in [-0.2, 0) is 20.1 Å². The molecule has 0 saturated carbocycles. The van der Waals surface area contributed by atoms with Gasteiger partial charge in [-0.15, -0.1) is 5.92 Å². The van der Waals surface area contributed by atoms with E-state index in [1.807, 2.05) is 34.9 Å². The van der Waals surface area contributed by atoms with Gasteiger partial charge in [0.25, 0.3) is 5.56 Å². The third kappa shape index (κ3) is 4.12. The Kier molecular flexibility index (Phi) is 6.24. The van der Waals surface area contributed by atoms with Crippen LogP contribution in [0.1, 0.15) is 25.5 Å². The van der Waals surface area contributed by atoms with E-state index in [0.29, 0.717) is 29.4 Å². The molecule has 4 heterocycles. The summed E-state index contributed by atoms with van der Waals surface area (Å²) in [6.45, 7) is 3.50. The van der Waals surface area contributed by atoms with E-state index in [1.165, 1.54) is 9.13 Å². The summed E-state index contributed by atoms with van der Waals surface area (Å²) in [7, 11) is 3.25. The van der Waals surface area contributed by atoms with E-state index in [9.17, 15) is 9.59 Å². The Bertz CT molecular complexity index is 1640. The van der Waals surface area contributed by atoms with Crippen LogP contribution in [-0.4, -0.2) is 49.9 Å². The lowest BCUT2D eigenvalue weighted by atomic mass is 10.1. The number of methoxy groups -OCH3 is 1. The smallest absolute Gasteiger partial charge is 0.332 e. The lowest BCUT2D eigenvalue weighted by molar-refractivity contribution is 0.415. The Morgan fingerprint density at radius 1 is 1.17 bits per heavy atom. The van der Waals surface area contributed by atoms with Crippen LogP contribution in [0.15, 0.2) is 39.9 Å². The minimum atomic E-state index is -0.447. The zero-order valence-corrected chi connectivity index (χ0v) is 20.7. The van der Waals surface area contributed by atoms with Gasteiger partial charge in [0.15, 0.2) is 11.2 Å². The van der Waals surface area contributed by atoms with Gasteiger partial charge in [-0.1, -0.05) is 12.0 Å². The lowest BCUT2D eigenvalue weighted by Crippen LogP contribution is -2.44. The van der Waals surface area contributed by atoms with Crippen LogP contribution >= 0.6 is 0 Å². The van der Waals surface area contributed by atoms with E-state index >= 15 is 0 Å². The van der Waals surface area contributed by atoms with Crippen molar-refractivity contribution in [3.63, 3.8) is 0 Å². The van der Waals surface area contributed by atoms with Crippen LogP contribution in [0.25, 0.3) is 22.1 Å². The van der Waals surface area contributed by atoms with Crippen molar-refractivity contribution in [1.29, 1.82) is 0 Å². The zero-order valence-electron chi connectivity index (χ0n) is 20.7. The normalized spacial score (nSPS) is 15.8. The van der Waals surface area contributed by atoms with Gasteiger partial charge >= 0.3 is 5.69 Å². The quantitative estimate of drug-likeness (QED) is 0.424. The van der Waals surface area contributed by atoms with Crippen LogP contribution in [0.4, 0.5) is 5.95 Å². The van der Waals surface area contributed by atoms with E-state index in [1.54, 1.807) is 21.1 Å². The number of nitrogens with zero attached hydrogens (tertiary/aromatic N) is 6. The van der Waals surface area contributed by atoms with E-state index in [2.05, 4.69) is 21.7 Å². The predicted molar refractivity (Wildman–Crippen MR) is 140 cm³/mol. The van der Waals surface area contributed by atoms with Gasteiger partial charge in [0, 0.05) is 31.6 Å². The minimum Gasteiger partial charge on any atom is -0.497 e. The van der Waals surface area contributed by atoms with E-state index in [-0.39, 0.29) is 19.1 Å². The second kappa shape index (κ2) is 9.51. The largest absolute Gasteiger partial charge is 0.497 e. The molecule has 2 N–H and O–H groups in total. The zero-order chi connectivity index (χ0) is 25.4. The summed E-state index contributed by atoms with van der Waals surface area (Å²) >= 11 is 0. The molecule has 10 nitrogen and oxygen atoms in total. The highest BCUT2D eigenvalue weighted by Crippen LogP contribution is 2.23. The highest BCUT2D eigenvalue weighted by Gasteiger charge is 2.26. The van der Waals surface area contributed by atoms with E-state index < -0.39 is 11.2 Å². The average molecular weight is 488 g/mol. The molecule has 4 aromatic rings. The molecule has 0 unspecified atom stereocenters. The number of hydrogen-bond donors (Lipinski definition) is 1. The molecule has 1 fully saturated rings. The van der Waals surface area contributed by atoms with Crippen LogP contribution in [0.2, 0.25) is 0 Å². The molecule has 1 aliphatic rings. The SMILES string of the molecule is CC#CCn1c(N2CCC[C@@H](N)C2)nc2c1c(=O)n(Cc1ccc3cc(OC)ccc3n1)c(=O)n2C. The molecule has 0 spiro atoms. The van der Waals surface area contributed by atoms with Crippen molar-refractivity contribution in [2.24, 2.45) is 12.8 Å². The molecule has 1 atom stereocenters. The fraction of sp³-hybridized carbons (Fsp3) is 0.385. The van der Waals surface area contributed by atoms with Crippen LogP contribution < -0.4 is 26.6 Å². The average Bonchev–Trinajstić information content (AvgIpc) is 3.28. The van der Waals surface area contributed by atoms with Crippen molar-refractivity contribution in [2.75, 3.05) is 25.1 Å². The Labute approximate surface area is 207 Å². The standard InChI is InChI=1S/C26H29N7O3/c1-4-5-13-32-22-23(29-25(32)31-12-6-7-18(27)15-31)30(2)26(35)33(24(22)34)16-19-9-8-17-14-20(36-3)10-11-21(17)28-19/h8-11,14,18H,6-7,12-13,15-16,27H2,1-3H3/t18-/m1/s1. The number of fused-ring (bicyclic) bond motifs is 2. The fourth-order valence-electron chi connectivity index (χ4n) is 4.76. The fourth-order valence-corrected chi connectivity index (χ4v) is 4.76. The molecule has 1 aromatic carbocycles. The van der Waals surface area contributed by atoms with Gasteiger partial charge in [-0.25, -0.2) is 4.79 Å². The number of pyridine rings is 1. The van der Waals surface area contributed by atoms with Gasteiger partial charge in [0.1, 0.15) is 5.75 Å². The van der Waals surface area contributed by atoms with Crippen LogP contribution in [0.5, 0.6) is 5.75 Å². The van der Waals surface area contributed by atoms with Gasteiger partial charge in [0.05, 0.1) is 31.4 Å². The molecule has 0 bridgehead atoms. The van der Waals surface area contributed by atoms with Crippen molar-refractivity contribution in [2.45, 2.75) is 38.9 Å².